The van der Waals surface area contributed by atoms with Crippen LogP contribution in [0.25, 0.3) is 11.4 Å². The summed E-state index contributed by atoms with van der Waals surface area (Å²) in [4.78, 5) is 12.7. The van der Waals surface area contributed by atoms with Gasteiger partial charge in [-0.05, 0) is 19.9 Å². The van der Waals surface area contributed by atoms with Crippen molar-refractivity contribution >= 4 is 11.3 Å². The Morgan fingerprint density at radius 1 is 1.30 bits per heavy atom. The SMILES string of the molecule is Cc1ncsc1CN1CCC(c2nc(-c3ccccc3)no2)C1. The fourth-order valence-corrected chi connectivity index (χ4v) is 3.78. The smallest absolute Gasteiger partial charge is 0.231 e. The molecular formula is C17H18N4OS. The predicted octanol–water partition coefficient (Wildman–Crippen LogP) is 3.49. The Balaban J connectivity index is 1.44. The van der Waals surface area contributed by atoms with Crippen molar-refractivity contribution in [3.05, 3.63) is 52.3 Å². The van der Waals surface area contributed by atoms with Crippen LogP contribution in [0.3, 0.4) is 0 Å². The number of hydrogen-bond donors (Lipinski definition) is 0. The third-order valence-electron chi connectivity index (χ3n) is 4.31. The van der Waals surface area contributed by atoms with Gasteiger partial charge in [-0.2, -0.15) is 4.98 Å². The van der Waals surface area contributed by atoms with E-state index in [2.05, 4.69) is 26.9 Å². The van der Waals surface area contributed by atoms with Crippen molar-refractivity contribution in [2.24, 2.45) is 0 Å². The fourth-order valence-electron chi connectivity index (χ4n) is 2.96. The standard InChI is InChI=1S/C17H18N4OS/c1-12-15(23-11-18-12)10-21-8-7-14(9-21)17-19-16(20-22-17)13-5-3-2-4-6-13/h2-6,11,14H,7-10H2,1H3. The van der Waals surface area contributed by atoms with Gasteiger partial charge < -0.3 is 4.52 Å². The minimum atomic E-state index is 0.327. The minimum absolute atomic E-state index is 0.327. The molecule has 1 saturated heterocycles. The van der Waals surface area contributed by atoms with Crippen LogP contribution in [-0.2, 0) is 6.54 Å². The number of benzene rings is 1. The van der Waals surface area contributed by atoms with Crippen molar-refractivity contribution in [2.45, 2.75) is 25.8 Å². The van der Waals surface area contributed by atoms with Crippen molar-refractivity contribution in [3.8, 4) is 11.4 Å². The predicted molar refractivity (Wildman–Crippen MR) is 89.2 cm³/mol. The molecule has 118 valence electrons. The van der Waals surface area contributed by atoms with Gasteiger partial charge in [0.15, 0.2) is 0 Å². The molecule has 0 spiro atoms. The van der Waals surface area contributed by atoms with E-state index in [1.54, 1.807) is 11.3 Å². The summed E-state index contributed by atoms with van der Waals surface area (Å²) < 4.78 is 5.51. The maximum Gasteiger partial charge on any atom is 0.231 e. The molecule has 3 aromatic rings. The van der Waals surface area contributed by atoms with E-state index in [1.807, 2.05) is 35.8 Å². The molecule has 23 heavy (non-hydrogen) atoms. The van der Waals surface area contributed by atoms with Gasteiger partial charge in [0.25, 0.3) is 0 Å². The van der Waals surface area contributed by atoms with Crippen LogP contribution in [0, 0.1) is 6.92 Å². The van der Waals surface area contributed by atoms with Gasteiger partial charge in [0, 0.05) is 23.5 Å². The summed E-state index contributed by atoms with van der Waals surface area (Å²) in [6.07, 6.45) is 1.06. The lowest BCUT2D eigenvalue weighted by molar-refractivity contribution is 0.310. The first kappa shape index (κ1) is 14.5. The van der Waals surface area contributed by atoms with Gasteiger partial charge in [-0.25, -0.2) is 4.98 Å². The van der Waals surface area contributed by atoms with Gasteiger partial charge in [0.05, 0.1) is 17.1 Å². The molecule has 1 aliphatic rings. The third-order valence-corrected chi connectivity index (χ3v) is 5.23. The number of rotatable bonds is 4. The monoisotopic (exact) mass is 326 g/mol. The summed E-state index contributed by atoms with van der Waals surface area (Å²) in [6, 6.07) is 9.96. The van der Waals surface area contributed by atoms with E-state index in [-0.39, 0.29) is 0 Å². The van der Waals surface area contributed by atoms with Crippen LogP contribution in [0.1, 0.15) is 28.8 Å². The Hall–Kier alpha value is -2.05. The molecule has 2 aromatic heterocycles. The highest BCUT2D eigenvalue weighted by atomic mass is 32.1. The normalized spacial score (nSPS) is 18.6. The third kappa shape index (κ3) is 3.04. The number of aryl methyl sites for hydroxylation is 1. The Morgan fingerprint density at radius 2 is 2.17 bits per heavy atom. The first-order valence-electron chi connectivity index (χ1n) is 7.80. The molecule has 1 fully saturated rings. The van der Waals surface area contributed by atoms with Crippen molar-refractivity contribution < 1.29 is 4.52 Å². The maximum atomic E-state index is 5.51. The first-order valence-corrected chi connectivity index (χ1v) is 8.68. The van der Waals surface area contributed by atoms with Gasteiger partial charge in [0.1, 0.15) is 0 Å². The van der Waals surface area contributed by atoms with Crippen molar-refractivity contribution in [3.63, 3.8) is 0 Å². The highest BCUT2D eigenvalue weighted by Crippen LogP contribution is 2.29. The van der Waals surface area contributed by atoms with Crippen LogP contribution >= 0.6 is 11.3 Å². The number of thiazole rings is 1. The van der Waals surface area contributed by atoms with Crippen molar-refractivity contribution in [1.82, 2.24) is 20.0 Å². The highest BCUT2D eigenvalue weighted by molar-refractivity contribution is 7.09. The molecule has 0 radical (unpaired) electrons. The molecule has 1 aromatic carbocycles. The van der Waals surface area contributed by atoms with Crippen LogP contribution in [0.5, 0.6) is 0 Å². The molecule has 0 N–H and O–H groups in total. The number of hydrogen-bond acceptors (Lipinski definition) is 6. The molecule has 5 nitrogen and oxygen atoms in total. The van der Waals surface area contributed by atoms with Gasteiger partial charge in [-0.3, -0.25) is 4.90 Å². The lowest BCUT2D eigenvalue weighted by Gasteiger charge is -2.13. The second kappa shape index (κ2) is 6.22. The highest BCUT2D eigenvalue weighted by Gasteiger charge is 2.29. The van der Waals surface area contributed by atoms with Gasteiger partial charge in [-0.1, -0.05) is 35.5 Å². The van der Waals surface area contributed by atoms with E-state index in [0.29, 0.717) is 11.7 Å². The van der Waals surface area contributed by atoms with Crippen LogP contribution in [-0.4, -0.2) is 33.1 Å². The number of likely N-dealkylation sites (tertiary alicyclic amines) is 1. The summed E-state index contributed by atoms with van der Waals surface area (Å²) in [5.74, 6) is 1.76. The average molecular weight is 326 g/mol. The molecule has 1 unspecified atom stereocenters. The van der Waals surface area contributed by atoms with E-state index in [4.69, 9.17) is 4.52 Å². The van der Waals surface area contributed by atoms with Crippen molar-refractivity contribution in [2.75, 3.05) is 13.1 Å². The van der Waals surface area contributed by atoms with E-state index in [0.717, 1.165) is 43.2 Å². The zero-order chi connectivity index (χ0) is 15.6. The molecule has 0 saturated carbocycles. The van der Waals surface area contributed by atoms with E-state index in [1.165, 1.54) is 4.88 Å². The van der Waals surface area contributed by atoms with Gasteiger partial charge in [-0.15, -0.1) is 11.3 Å². The summed E-state index contributed by atoms with van der Waals surface area (Å²) in [7, 11) is 0. The van der Waals surface area contributed by atoms with Gasteiger partial charge in [0.2, 0.25) is 11.7 Å². The molecule has 6 heteroatoms. The molecule has 0 bridgehead atoms. The second-order valence-electron chi connectivity index (χ2n) is 5.90. The van der Waals surface area contributed by atoms with E-state index < -0.39 is 0 Å². The molecule has 4 rings (SSSR count). The number of nitrogens with zero attached hydrogens (tertiary/aromatic N) is 4. The number of aromatic nitrogens is 3. The van der Waals surface area contributed by atoms with E-state index in [9.17, 15) is 0 Å². The quantitative estimate of drug-likeness (QED) is 0.734. The molecule has 1 atom stereocenters. The largest absolute Gasteiger partial charge is 0.339 e. The van der Waals surface area contributed by atoms with Crippen LogP contribution in [0.15, 0.2) is 40.4 Å². The maximum absolute atomic E-state index is 5.51. The zero-order valence-corrected chi connectivity index (χ0v) is 13.8. The molecule has 0 aliphatic carbocycles. The Morgan fingerprint density at radius 3 is 2.96 bits per heavy atom. The van der Waals surface area contributed by atoms with E-state index >= 15 is 0 Å². The lowest BCUT2D eigenvalue weighted by atomic mass is 10.1. The zero-order valence-electron chi connectivity index (χ0n) is 13.0. The summed E-state index contributed by atoms with van der Waals surface area (Å²) in [6.45, 7) is 5.06. The molecule has 1 aliphatic heterocycles. The molecule has 0 amide bonds. The summed E-state index contributed by atoms with van der Waals surface area (Å²) in [5.41, 5.74) is 4.06. The summed E-state index contributed by atoms with van der Waals surface area (Å²) in [5, 5.41) is 4.13. The average Bonchev–Trinajstić information content (AvgIpc) is 3.30. The van der Waals surface area contributed by atoms with Crippen LogP contribution < -0.4 is 0 Å². The van der Waals surface area contributed by atoms with Gasteiger partial charge >= 0.3 is 0 Å². The minimum Gasteiger partial charge on any atom is -0.339 e. The molecular weight excluding hydrogens is 308 g/mol. The van der Waals surface area contributed by atoms with Crippen LogP contribution in [0.4, 0.5) is 0 Å². The van der Waals surface area contributed by atoms with Crippen LogP contribution in [0.2, 0.25) is 0 Å². The summed E-state index contributed by atoms with van der Waals surface area (Å²) >= 11 is 1.73. The topological polar surface area (TPSA) is 55.1 Å². The molecule has 3 heterocycles. The van der Waals surface area contributed by atoms with Crippen molar-refractivity contribution in [1.29, 1.82) is 0 Å². The lowest BCUT2D eigenvalue weighted by Crippen LogP contribution is -2.19. The fraction of sp³-hybridized carbons (Fsp3) is 0.353. The Labute approximate surface area is 139 Å². The second-order valence-corrected chi connectivity index (χ2v) is 6.84. The first-order chi connectivity index (χ1) is 11.3. The Kier molecular flexibility index (Phi) is 3.93. The Bertz CT molecular complexity index is 783.